The molecule has 100 valence electrons. The maximum Gasteiger partial charge on any atom is 0.224 e. The molecule has 0 fully saturated rings. The van der Waals surface area contributed by atoms with Crippen molar-refractivity contribution in [3.63, 3.8) is 0 Å². The van der Waals surface area contributed by atoms with Crippen LogP contribution >= 0.6 is 0 Å². The van der Waals surface area contributed by atoms with E-state index in [4.69, 9.17) is 5.73 Å². The van der Waals surface area contributed by atoms with E-state index in [9.17, 15) is 4.79 Å². The quantitative estimate of drug-likeness (QED) is 0.773. The van der Waals surface area contributed by atoms with E-state index in [1.54, 1.807) is 0 Å². The molecule has 0 unspecified atom stereocenters. The maximum absolute atomic E-state index is 11.8. The fourth-order valence-electron chi connectivity index (χ4n) is 1.40. The van der Waals surface area contributed by atoms with Gasteiger partial charge in [0.15, 0.2) is 0 Å². The molecule has 1 aromatic rings. The highest BCUT2D eigenvalue weighted by atomic mass is 16.1. The zero-order valence-corrected chi connectivity index (χ0v) is 11.7. The number of nitrogens with one attached hydrogen (secondary N) is 1. The second-order valence-corrected chi connectivity index (χ2v) is 5.36. The fourth-order valence-corrected chi connectivity index (χ4v) is 1.40. The second-order valence-electron chi connectivity index (χ2n) is 5.36. The van der Waals surface area contributed by atoms with Crippen LogP contribution in [0.3, 0.4) is 0 Å². The molecule has 0 bridgehead atoms. The van der Waals surface area contributed by atoms with Gasteiger partial charge in [-0.05, 0) is 39.6 Å². The summed E-state index contributed by atoms with van der Waals surface area (Å²) in [6.07, 6.45) is 0.330. The van der Waals surface area contributed by atoms with E-state index in [2.05, 4.69) is 24.1 Å². The minimum Gasteiger partial charge on any atom is -0.398 e. The summed E-state index contributed by atoms with van der Waals surface area (Å²) in [5, 5.41) is 2.94. The van der Waals surface area contributed by atoms with E-state index in [-0.39, 0.29) is 11.4 Å². The van der Waals surface area contributed by atoms with Gasteiger partial charge in [-0.15, -0.1) is 0 Å². The summed E-state index contributed by atoms with van der Waals surface area (Å²) in [7, 11) is 4.00. The number of anilines is 1. The highest BCUT2D eigenvalue weighted by Gasteiger charge is 2.21. The molecule has 0 saturated heterocycles. The molecule has 1 amide bonds. The standard InChI is InChI=1S/C14H23N3O/c1-14(2,17(3)4)10-16-13(18)9-11-7-5-6-8-12(11)15/h5-8H,9-10,15H2,1-4H3,(H,16,18). The van der Waals surface area contributed by atoms with Gasteiger partial charge in [-0.1, -0.05) is 18.2 Å². The van der Waals surface area contributed by atoms with Crippen molar-refractivity contribution in [2.24, 2.45) is 0 Å². The maximum atomic E-state index is 11.8. The second kappa shape index (κ2) is 5.87. The van der Waals surface area contributed by atoms with Gasteiger partial charge in [0.1, 0.15) is 0 Å². The molecule has 1 rings (SSSR count). The summed E-state index contributed by atoms with van der Waals surface area (Å²) in [6, 6.07) is 7.45. The number of hydrogen-bond donors (Lipinski definition) is 2. The molecule has 1 aromatic carbocycles. The molecule has 0 aromatic heterocycles. The van der Waals surface area contributed by atoms with Gasteiger partial charge in [-0.25, -0.2) is 0 Å². The van der Waals surface area contributed by atoms with Crippen LogP contribution in [0.5, 0.6) is 0 Å². The Kier molecular flexibility index (Phi) is 4.73. The van der Waals surface area contributed by atoms with Gasteiger partial charge in [0.05, 0.1) is 6.42 Å². The average Bonchev–Trinajstić information content (AvgIpc) is 2.29. The van der Waals surface area contributed by atoms with Crippen LogP contribution < -0.4 is 11.1 Å². The third-order valence-corrected chi connectivity index (χ3v) is 3.33. The van der Waals surface area contributed by atoms with E-state index >= 15 is 0 Å². The Bertz CT molecular complexity index is 413. The van der Waals surface area contributed by atoms with Crippen molar-refractivity contribution in [1.29, 1.82) is 0 Å². The van der Waals surface area contributed by atoms with Crippen LogP contribution in [0.4, 0.5) is 5.69 Å². The van der Waals surface area contributed by atoms with Gasteiger partial charge >= 0.3 is 0 Å². The molecular weight excluding hydrogens is 226 g/mol. The number of carbonyl (C=O) groups excluding carboxylic acids is 1. The lowest BCUT2D eigenvalue weighted by Gasteiger charge is -2.32. The van der Waals surface area contributed by atoms with Crippen molar-refractivity contribution in [3.8, 4) is 0 Å². The van der Waals surface area contributed by atoms with E-state index in [1.165, 1.54) is 0 Å². The number of hydrogen-bond acceptors (Lipinski definition) is 3. The van der Waals surface area contributed by atoms with Crippen molar-refractivity contribution in [1.82, 2.24) is 10.2 Å². The molecule has 0 spiro atoms. The number of amides is 1. The smallest absolute Gasteiger partial charge is 0.224 e. The van der Waals surface area contributed by atoms with E-state index in [1.807, 2.05) is 38.4 Å². The SMILES string of the molecule is CN(C)C(C)(C)CNC(=O)Cc1ccccc1N. The largest absolute Gasteiger partial charge is 0.398 e. The van der Waals surface area contributed by atoms with Crippen LogP contribution in [-0.2, 0) is 11.2 Å². The third kappa shape index (κ3) is 4.04. The molecule has 4 nitrogen and oxygen atoms in total. The monoisotopic (exact) mass is 249 g/mol. The lowest BCUT2D eigenvalue weighted by Crippen LogP contribution is -2.48. The Hall–Kier alpha value is -1.55. The van der Waals surface area contributed by atoms with E-state index in [0.717, 1.165) is 5.56 Å². The van der Waals surface area contributed by atoms with Gasteiger partial charge in [0, 0.05) is 17.8 Å². The van der Waals surface area contributed by atoms with Gasteiger partial charge < -0.3 is 16.0 Å². The first-order chi connectivity index (χ1) is 8.33. The third-order valence-electron chi connectivity index (χ3n) is 3.33. The number of benzene rings is 1. The number of likely N-dealkylation sites (N-methyl/N-ethyl adjacent to an activating group) is 1. The Balaban J connectivity index is 2.51. The predicted molar refractivity (Wildman–Crippen MR) is 75.3 cm³/mol. The van der Waals surface area contributed by atoms with Crippen molar-refractivity contribution >= 4 is 11.6 Å². The number of carbonyl (C=O) groups is 1. The molecule has 0 heterocycles. The summed E-state index contributed by atoms with van der Waals surface area (Å²) in [4.78, 5) is 13.9. The summed E-state index contributed by atoms with van der Waals surface area (Å²) in [5.74, 6) is 0.00262. The first kappa shape index (κ1) is 14.5. The molecule has 0 aliphatic heterocycles. The normalized spacial score (nSPS) is 11.6. The Morgan fingerprint density at radius 3 is 2.50 bits per heavy atom. The topological polar surface area (TPSA) is 58.4 Å². The first-order valence-electron chi connectivity index (χ1n) is 6.10. The molecule has 0 radical (unpaired) electrons. The van der Waals surface area contributed by atoms with Crippen molar-refractivity contribution < 1.29 is 4.79 Å². The van der Waals surface area contributed by atoms with Crippen molar-refractivity contribution in [2.75, 3.05) is 26.4 Å². The van der Waals surface area contributed by atoms with Crippen LogP contribution in [0.15, 0.2) is 24.3 Å². The Labute approximate surface area is 109 Å². The summed E-state index contributed by atoms with van der Waals surface area (Å²) in [6.45, 7) is 4.79. The van der Waals surface area contributed by atoms with Gasteiger partial charge in [-0.3, -0.25) is 4.79 Å². The highest BCUT2D eigenvalue weighted by Crippen LogP contribution is 2.11. The fraction of sp³-hybridized carbons (Fsp3) is 0.500. The zero-order chi connectivity index (χ0) is 13.8. The zero-order valence-electron chi connectivity index (χ0n) is 11.7. The molecular formula is C14H23N3O. The molecule has 0 aliphatic rings. The van der Waals surface area contributed by atoms with Crippen LogP contribution in [0.2, 0.25) is 0 Å². The minimum absolute atomic E-state index is 0.00262. The molecule has 18 heavy (non-hydrogen) atoms. The molecule has 4 heteroatoms. The van der Waals surface area contributed by atoms with Gasteiger partial charge in [0.2, 0.25) is 5.91 Å². The predicted octanol–water partition coefficient (Wildman–Crippen LogP) is 1.27. The summed E-state index contributed by atoms with van der Waals surface area (Å²) >= 11 is 0. The van der Waals surface area contributed by atoms with E-state index in [0.29, 0.717) is 18.7 Å². The van der Waals surface area contributed by atoms with Crippen LogP contribution in [-0.4, -0.2) is 37.0 Å². The number of rotatable bonds is 5. The van der Waals surface area contributed by atoms with Gasteiger partial charge in [0.25, 0.3) is 0 Å². The molecule has 0 atom stereocenters. The summed E-state index contributed by atoms with van der Waals surface area (Å²) < 4.78 is 0. The lowest BCUT2D eigenvalue weighted by atomic mass is 10.0. The first-order valence-corrected chi connectivity index (χ1v) is 6.10. The van der Waals surface area contributed by atoms with Crippen LogP contribution in [0, 0.1) is 0 Å². The molecule has 0 aliphatic carbocycles. The summed E-state index contributed by atoms with van der Waals surface area (Å²) in [5.41, 5.74) is 7.29. The minimum atomic E-state index is -0.0576. The van der Waals surface area contributed by atoms with Crippen molar-refractivity contribution in [3.05, 3.63) is 29.8 Å². The van der Waals surface area contributed by atoms with Crippen molar-refractivity contribution in [2.45, 2.75) is 25.8 Å². The molecule has 3 N–H and O–H groups in total. The number of para-hydroxylation sites is 1. The van der Waals surface area contributed by atoms with Gasteiger partial charge in [-0.2, -0.15) is 0 Å². The molecule has 0 saturated carbocycles. The highest BCUT2D eigenvalue weighted by molar-refractivity contribution is 5.80. The van der Waals surface area contributed by atoms with E-state index < -0.39 is 0 Å². The Morgan fingerprint density at radius 2 is 1.94 bits per heavy atom. The Morgan fingerprint density at radius 1 is 1.33 bits per heavy atom. The van der Waals surface area contributed by atoms with Crippen LogP contribution in [0.1, 0.15) is 19.4 Å². The number of nitrogens with two attached hydrogens (primary N) is 1. The number of nitrogens with zero attached hydrogens (tertiary/aromatic N) is 1. The average molecular weight is 249 g/mol. The number of nitrogen functional groups attached to an aromatic ring is 1. The van der Waals surface area contributed by atoms with Crippen LogP contribution in [0.25, 0.3) is 0 Å². The lowest BCUT2D eigenvalue weighted by molar-refractivity contribution is -0.120.